The smallest absolute Gasteiger partial charge is 0.254 e. The number of likely N-dealkylation sites (N-methyl/N-ethyl adjacent to an activating group) is 1. The zero-order valence-corrected chi connectivity index (χ0v) is 17.6. The number of hydrogen-bond acceptors (Lipinski definition) is 6. The van der Waals surface area contributed by atoms with Crippen LogP contribution < -0.4 is 5.32 Å². The van der Waals surface area contributed by atoms with E-state index in [0.29, 0.717) is 18.1 Å². The summed E-state index contributed by atoms with van der Waals surface area (Å²) < 4.78 is 1.62. The highest BCUT2D eigenvalue weighted by molar-refractivity contribution is 7.13. The van der Waals surface area contributed by atoms with Gasteiger partial charge < -0.3 is 10.2 Å². The third-order valence-corrected chi connectivity index (χ3v) is 5.64. The number of amides is 1. The number of hydrogen-bond donors (Lipinski definition) is 1. The predicted molar refractivity (Wildman–Crippen MR) is 112 cm³/mol. The number of nitrogens with zero attached hydrogens (tertiary/aromatic N) is 5. The van der Waals surface area contributed by atoms with Crippen LogP contribution in [0.4, 0.5) is 0 Å². The van der Waals surface area contributed by atoms with E-state index in [2.05, 4.69) is 39.1 Å². The molecule has 0 bridgehead atoms. The highest BCUT2D eigenvalue weighted by atomic mass is 32.1. The van der Waals surface area contributed by atoms with E-state index >= 15 is 0 Å². The molecule has 0 aliphatic rings. The lowest BCUT2D eigenvalue weighted by Crippen LogP contribution is -2.34. The van der Waals surface area contributed by atoms with Crippen molar-refractivity contribution in [1.29, 1.82) is 0 Å². The summed E-state index contributed by atoms with van der Waals surface area (Å²) in [6, 6.07) is 4.04. The molecule has 0 aromatic carbocycles. The maximum absolute atomic E-state index is 12.6. The largest absolute Gasteiger partial charge is 0.351 e. The number of rotatable bonds is 8. The minimum atomic E-state index is -0.124. The Morgan fingerprint density at radius 3 is 2.71 bits per heavy atom. The lowest BCUT2D eigenvalue weighted by molar-refractivity contribution is 0.0948. The summed E-state index contributed by atoms with van der Waals surface area (Å²) in [7, 11) is 0. The van der Waals surface area contributed by atoms with Crippen molar-refractivity contribution >= 4 is 17.2 Å². The Kier molecular flexibility index (Phi) is 6.53. The highest BCUT2D eigenvalue weighted by Crippen LogP contribution is 2.26. The summed E-state index contributed by atoms with van der Waals surface area (Å²) in [6.45, 7) is 11.5. The molecule has 3 aromatic heterocycles. The number of nitrogens with one attached hydrogen (secondary N) is 1. The normalized spacial score (nSPS) is 11.2. The van der Waals surface area contributed by atoms with Crippen molar-refractivity contribution < 1.29 is 4.79 Å². The van der Waals surface area contributed by atoms with Crippen LogP contribution in [0.5, 0.6) is 0 Å². The Balaban J connectivity index is 1.78. The number of carbonyl (C=O) groups is 1. The second kappa shape index (κ2) is 9.07. The fourth-order valence-electron chi connectivity index (χ4n) is 2.99. The topological polar surface area (TPSA) is 75.9 Å². The molecule has 3 rings (SSSR count). The summed E-state index contributed by atoms with van der Waals surface area (Å²) in [4.78, 5) is 25.0. The van der Waals surface area contributed by atoms with Gasteiger partial charge in [0, 0.05) is 19.3 Å². The van der Waals surface area contributed by atoms with E-state index in [1.807, 2.05) is 31.4 Å². The monoisotopic (exact) mass is 398 g/mol. The first-order chi connectivity index (χ1) is 13.5. The molecular weight excluding hydrogens is 372 g/mol. The molecule has 0 unspecified atom stereocenters. The Morgan fingerprint density at radius 1 is 1.25 bits per heavy atom. The Hall–Kier alpha value is -2.58. The number of thiophene rings is 1. The summed E-state index contributed by atoms with van der Waals surface area (Å²) in [5, 5.41) is 9.36. The molecule has 1 N–H and O–H groups in total. The quantitative estimate of drug-likeness (QED) is 0.631. The molecule has 3 heterocycles. The fraction of sp³-hybridized carbons (Fsp3) is 0.400. The zero-order valence-electron chi connectivity index (χ0n) is 16.8. The van der Waals surface area contributed by atoms with Gasteiger partial charge in [0.25, 0.3) is 11.9 Å². The van der Waals surface area contributed by atoms with Crippen molar-refractivity contribution in [2.45, 2.75) is 27.7 Å². The second-order valence-corrected chi connectivity index (χ2v) is 7.46. The van der Waals surface area contributed by atoms with Crippen LogP contribution in [0.15, 0.2) is 29.9 Å². The molecule has 8 heteroatoms. The third kappa shape index (κ3) is 4.28. The van der Waals surface area contributed by atoms with Gasteiger partial charge in [-0.15, -0.1) is 11.3 Å². The van der Waals surface area contributed by atoms with Gasteiger partial charge in [0.1, 0.15) is 0 Å². The van der Waals surface area contributed by atoms with E-state index in [9.17, 15) is 4.79 Å². The van der Waals surface area contributed by atoms with Crippen LogP contribution >= 0.6 is 11.3 Å². The van der Waals surface area contributed by atoms with Crippen molar-refractivity contribution in [1.82, 2.24) is 30.0 Å². The van der Waals surface area contributed by atoms with Crippen molar-refractivity contribution in [3.8, 4) is 16.5 Å². The van der Waals surface area contributed by atoms with Crippen molar-refractivity contribution in [3.05, 3.63) is 46.7 Å². The standard InChI is InChI=1S/C20H26N6OS/c1-5-25(6-2)10-9-21-19(27)16-13-23-26(15(16)4)20-22-12-14(3)18(24-20)17-8-7-11-28-17/h7-8,11-13H,5-6,9-10H2,1-4H3,(H,21,27). The first-order valence-corrected chi connectivity index (χ1v) is 10.4. The predicted octanol–water partition coefficient (Wildman–Crippen LogP) is 3.08. The van der Waals surface area contributed by atoms with E-state index in [1.165, 1.54) is 0 Å². The minimum Gasteiger partial charge on any atom is -0.351 e. The Bertz CT molecular complexity index is 930. The number of aryl methyl sites for hydroxylation is 1. The van der Waals surface area contributed by atoms with Gasteiger partial charge in [-0.25, -0.2) is 14.6 Å². The lowest BCUT2D eigenvalue weighted by atomic mass is 10.2. The number of carbonyl (C=O) groups excluding carboxylic acids is 1. The maximum atomic E-state index is 12.6. The molecule has 148 valence electrons. The first-order valence-electron chi connectivity index (χ1n) is 9.48. The van der Waals surface area contributed by atoms with Crippen molar-refractivity contribution in [2.24, 2.45) is 0 Å². The molecule has 0 radical (unpaired) electrons. The molecule has 28 heavy (non-hydrogen) atoms. The average Bonchev–Trinajstić information content (AvgIpc) is 3.36. The molecule has 0 atom stereocenters. The van der Waals surface area contributed by atoms with Crippen LogP contribution in [-0.2, 0) is 0 Å². The maximum Gasteiger partial charge on any atom is 0.254 e. The van der Waals surface area contributed by atoms with E-state index in [1.54, 1.807) is 28.4 Å². The van der Waals surface area contributed by atoms with E-state index in [4.69, 9.17) is 0 Å². The number of aromatic nitrogens is 4. The van der Waals surface area contributed by atoms with Gasteiger partial charge in [0.15, 0.2) is 0 Å². The molecule has 0 aliphatic heterocycles. The van der Waals surface area contributed by atoms with Crippen LogP contribution in [0.1, 0.15) is 35.5 Å². The second-order valence-electron chi connectivity index (χ2n) is 6.52. The van der Waals surface area contributed by atoms with Crippen LogP contribution in [0.3, 0.4) is 0 Å². The first kappa shape index (κ1) is 20.2. The van der Waals surface area contributed by atoms with E-state index in [0.717, 1.165) is 41.5 Å². The molecule has 0 saturated heterocycles. The van der Waals surface area contributed by atoms with Crippen LogP contribution in [0.25, 0.3) is 16.5 Å². The molecule has 7 nitrogen and oxygen atoms in total. The van der Waals surface area contributed by atoms with Crippen LogP contribution in [0.2, 0.25) is 0 Å². The Morgan fingerprint density at radius 2 is 2.04 bits per heavy atom. The van der Waals surface area contributed by atoms with Gasteiger partial charge in [0.2, 0.25) is 0 Å². The van der Waals surface area contributed by atoms with Gasteiger partial charge in [-0.05, 0) is 43.9 Å². The van der Waals surface area contributed by atoms with Gasteiger partial charge in [-0.3, -0.25) is 4.79 Å². The lowest BCUT2D eigenvalue weighted by Gasteiger charge is -2.17. The third-order valence-electron chi connectivity index (χ3n) is 4.77. The molecular formula is C20H26N6OS. The van der Waals surface area contributed by atoms with E-state index < -0.39 is 0 Å². The molecule has 3 aromatic rings. The summed E-state index contributed by atoms with van der Waals surface area (Å²) >= 11 is 1.64. The van der Waals surface area contributed by atoms with Crippen molar-refractivity contribution in [3.63, 3.8) is 0 Å². The summed E-state index contributed by atoms with van der Waals surface area (Å²) in [5.74, 6) is 0.343. The molecule has 0 saturated carbocycles. The zero-order chi connectivity index (χ0) is 20.1. The fourth-order valence-corrected chi connectivity index (χ4v) is 3.77. The van der Waals surface area contributed by atoms with Crippen LogP contribution in [0, 0.1) is 13.8 Å². The summed E-state index contributed by atoms with van der Waals surface area (Å²) in [5.41, 5.74) is 3.16. The molecule has 0 aliphatic carbocycles. The van der Waals surface area contributed by atoms with Crippen LogP contribution in [-0.4, -0.2) is 56.7 Å². The van der Waals surface area contributed by atoms with Crippen molar-refractivity contribution in [2.75, 3.05) is 26.2 Å². The average molecular weight is 399 g/mol. The highest BCUT2D eigenvalue weighted by Gasteiger charge is 2.17. The Labute approximate surface area is 169 Å². The minimum absolute atomic E-state index is 0.124. The van der Waals surface area contributed by atoms with Gasteiger partial charge in [-0.2, -0.15) is 5.10 Å². The van der Waals surface area contributed by atoms with E-state index in [-0.39, 0.29) is 5.91 Å². The van der Waals surface area contributed by atoms with Gasteiger partial charge in [-0.1, -0.05) is 19.9 Å². The summed E-state index contributed by atoms with van der Waals surface area (Å²) in [6.07, 6.45) is 3.37. The van der Waals surface area contributed by atoms with Gasteiger partial charge >= 0.3 is 0 Å². The SMILES string of the molecule is CCN(CC)CCNC(=O)c1cnn(-c2ncc(C)c(-c3cccs3)n2)c1C. The molecule has 0 spiro atoms. The molecule has 1 amide bonds. The van der Waals surface area contributed by atoms with Gasteiger partial charge in [0.05, 0.1) is 28.0 Å². The molecule has 0 fully saturated rings.